The molecule has 0 aliphatic carbocycles. The molecule has 1 fully saturated rings. The first-order valence-corrected chi connectivity index (χ1v) is 7.56. The van der Waals surface area contributed by atoms with Crippen LogP contribution in [-0.2, 0) is 9.53 Å². The molecule has 2 N–H and O–H groups in total. The van der Waals surface area contributed by atoms with Crippen molar-refractivity contribution in [3.63, 3.8) is 0 Å². The monoisotopic (exact) mass is 298 g/mol. The molecule has 1 heterocycles. The maximum absolute atomic E-state index is 12.2. The molecule has 1 aliphatic rings. The Hall–Kier alpha value is -1.56. The van der Waals surface area contributed by atoms with Gasteiger partial charge in [0, 0.05) is 13.1 Å². The summed E-state index contributed by atoms with van der Waals surface area (Å²) >= 11 is 0. The van der Waals surface area contributed by atoms with E-state index in [4.69, 9.17) is 4.74 Å². The van der Waals surface area contributed by atoms with Crippen molar-refractivity contribution in [2.24, 2.45) is 0 Å². The summed E-state index contributed by atoms with van der Waals surface area (Å²) in [6.07, 6.45) is 5.04. The van der Waals surface area contributed by atoms with E-state index in [0.717, 1.165) is 19.3 Å². The lowest BCUT2D eigenvalue weighted by atomic mass is 9.91. The number of urea groups is 1. The number of carboxylic acids is 1. The number of ether oxygens (including phenoxy) is 1. The third kappa shape index (κ3) is 4.46. The first kappa shape index (κ1) is 17.5. The zero-order valence-electron chi connectivity index (χ0n) is 12.8. The van der Waals surface area contributed by atoms with Gasteiger partial charge in [0.25, 0.3) is 0 Å². The van der Waals surface area contributed by atoms with Crippen LogP contribution in [0.1, 0.15) is 39.0 Å². The third-order valence-electron chi connectivity index (χ3n) is 3.78. The Kier molecular flexibility index (Phi) is 7.22. The van der Waals surface area contributed by atoms with E-state index in [2.05, 4.69) is 11.9 Å². The second-order valence-electron chi connectivity index (χ2n) is 5.26. The van der Waals surface area contributed by atoms with Gasteiger partial charge in [-0.3, -0.25) is 0 Å². The topological polar surface area (TPSA) is 78.9 Å². The van der Waals surface area contributed by atoms with Gasteiger partial charge in [-0.05, 0) is 25.7 Å². The van der Waals surface area contributed by atoms with Crippen LogP contribution in [-0.4, -0.2) is 53.8 Å². The lowest BCUT2D eigenvalue weighted by Crippen LogP contribution is -2.56. The Balaban J connectivity index is 2.47. The van der Waals surface area contributed by atoms with Gasteiger partial charge in [0.15, 0.2) is 0 Å². The molecule has 2 amide bonds. The molecule has 1 rings (SSSR count). The van der Waals surface area contributed by atoms with E-state index in [-0.39, 0.29) is 6.03 Å². The van der Waals surface area contributed by atoms with E-state index in [1.54, 1.807) is 6.08 Å². The molecule has 1 unspecified atom stereocenters. The van der Waals surface area contributed by atoms with Crippen molar-refractivity contribution in [1.82, 2.24) is 10.2 Å². The van der Waals surface area contributed by atoms with Gasteiger partial charge in [-0.2, -0.15) is 0 Å². The number of carbonyl (C=O) groups is 2. The van der Waals surface area contributed by atoms with Gasteiger partial charge >= 0.3 is 12.0 Å². The van der Waals surface area contributed by atoms with E-state index in [9.17, 15) is 14.7 Å². The minimum atomic E-state index is -1.04. The number of amides is 2. The molecule has 0 spiro atoms. The minimum Gasteiger partial charge on any atom is -0.479 e. The summed E-state index contributed by atoms with van der Waals surface area (Å²) in [4.78, 5) is 25.3. The SMILES string of the molecule is C=CCCOCCNC(=O)N1CCCC1(CCC)C(=O)O. The number of carbonyl (C=O) groups excluding carboxylic acids is 1. The second-order valence-corrected chi connectivity index (χ2v) is 5.26. The first-order chi connectivity index (χ1) is 10.1. The molecule has 1 saturated heterocycles. The molecule has 1 aliphatic heterocycles. The zero-order valence-corrected chi connectivity index (χ0v) is 12.8. The van der Waals surface area contributed by atoms with Crippen molar-refractivity contribution in [3.8, 4) is 0 Å². The molecule has 0 aromatic rings. The van der Waals surface area contributed by atoms with Gasteiger partial charge < -0.3 is 20.1 Å². The molecule has 0 saturated carbocycles. The lowest BCUT2D eigenvalue weighted by molar-refractivity contribution is -0.148. The summed E-state index contributed by atoms with van der Waals surface area (Å²) in [5, 5.41) is 12.3. The standard InChI is InChI=1S/C15H26N2O4/c1-3-5-11-21-12-9-16-14(20)17-10-6-8-15(17,7-4-2)13(18)19/h3H,1,4-12H2,2H3,(H,16,20)(H,18,19). The second kappa shape index (κ2) is 8.67. The molecule has 0 bridgehead atoms. The Labute approximate surface area is 126 Å². The molecular weight excluding hydrogens is 272 g/mol. The fraction of sp³-hybridized carbons (Fsp3) is 0.733. The fourth-order valence-electron chi connectivity index (χ4n) is 2.77. The smallest absolute Gasteiger partial charge is 0.329 e. The minimum absolute atomic E-state index is 0.310. The van der Waals surface area contributed by atoms with Crippen molar-refractivity contribution in [1.29, 1.82) is 0 Å². The van der Waals surface area contributed by atoms with E-state index in [1.807, 2.05) is 6.92 Å². The molecule has 6 nitrogen and oxygen atoms in total. The summed E-state index contributed by atoms with van der Waals surface area (Å²) in [6, 6.07) is -0.310. The zero-order chi connectivity index (χ0) is 15.7. The maximum atomic E-state index is 12.2. The van der Waals surface area contributed by atoms with Crippen molar-refractivity contribution >= 4 is 12.0 Å². The van der Waals surface area contributed by atoms with E-state index in [1.165, 1.54) is 4.90 Å². The van der Waals surface area contributed by atoms with E-state index >= 15 is 0 Å². The lowest BCUT2D eigenvalue weighted by Gasteiger charge is -2.34. The number of carboxylic acid groups (broad SMARTS) is 1. The van der Waals surface area contributed by atoms with Crippen LogP contribution in [0.4, 0.5) is 4.79 Å². The molecule has 120 valence electrons. The predicted molar refractivity (Wildman–Crippen MR) is 80.2 cm³/mol. The summed E-state index contributed by atoms with van der Waals surface area (Å²) in [7, 11) is 0. The summed E-state index contributed by atoms with van der Waals surface area (Å²) in [5.41, 5.74) is -1.04. The van der Waals surface area contributed by atoms with Crippen LogP contribution in [0.3, 0.4) is 0 Å². The highest BCUT2D eigenvalue weighted by Crippen LogP contribution is 2.33. The third-order valence-corrected chi connectivity index (χ3v) is 3.78. The van der Waals surface area contributed by atoms with Crippen molar-refractivity contribution < 1.29 is 19.4 Å². The van der Waals surface area contributed by atoms with Crippen LogP contribution in [0, 0.1) is 0 Å². The first-order valence-electron chi connectivity index (χ1n) is 7.56. The Bertz CT molecular complexity index is 373. The Morgan fingerprint density at radius 1 is 1.48 bits per heavy atom. The van der Waals surface area contributed by atoms with Crippen LogP contribution < -0.4 is 5.32 Å². The molecule has 6 heteroatoms. The van der Waals surface area contributed by atoms with E-state index in [0.29, 0.717) is 39.1 Å². The highest BCUT2D eigenvalue weighted by molar-refractivity contribution is 5.87. The van der Waals surface area contributed by atoms with Gasteiger partial charge in [0.05, 0.1) is 13.2 Å². The highest BCUT2D eigenvalue weighted by Gasteiger charge is 2.49. The van der Waals surface area contributed by atoms with Gasteiger partial charge in [-0.15, -0.1) is 6.58 Å². The van der Waals surface area contributed by atoms with Crippen LogP contribution in [0.15, 0.2) is 12.7 Å². The number of likely N-dealkylation sites (tertiary alicyclic amines) is 1. The number of hydrogen-bond acceptors (Lipinski definition) is 3. The maximum Gasteiger partial charge on any atom is 0.329 e. The van der Waals surface area contributed by atoms with Crippen molar-refractivity contribution in [2.75, 3.05) is 26.3 Å². The van der Waals surface area contributed by atoms with Crippen LogP contribution in [0.25, 0.3) is 0 Å². The molecular formula is C15H26N2O4. The van der Waals surface area contributed by atoms with Gasteiger partial charge in [-0.25, -0.2) is 9.59 Å². The number of hydrogen-bond donors (Lipinski definition) is 2. The van der Waals surface area contributed by atoms with Crippen molar-refractivity contribution in [3.05, 3.63) is 12.7 Å². The summed E-state index contributed by atoms with van der Waals surface area (Å²) < 4.78 is 5.31. The Morgan fingerprint density at radius 2 is 2.24 bits per heavy atom. The Morgan fingerprint density at radius 3 is 2.86 bits per heavy atom. The van der Waals surface area contributed by atoms with Crippen LogP contribution in [0.5, 0.6) is 0 Å². The number of rotatable bonds is 9. The molecule has 21 heavy (non-hydrogen) atoms. The average molecular weight is 298 g/mol. The fourth-order valence-corrected chi connectivity index (χ4v) is 2.77. The predicted octanol–water partition coefficient (Wildman–Crippen LogP) is 2.01. The molecule has 0 aromatic heterocycles. The highest BCUT2D eigenvalue weighted by atomic mass is 16.5. The van der Waals surface area contributed by atoms with Crippen LogP contribution in [0.2, 0.25) is 0 Å². The van der Waals surface area contributed by atoms with Gasteiger partial charge in [0.1, 0.15) is 5.54 Å². The molecule has 1 atom stereocenters. The number of nitrogens with zero attached hydrogens (tertiary/aromatic N) is 1. The van der Waals surface area contributed by atoms with Crippen LogP contribution >= 0.6 is 0 Å². The average Bonchev–Trinajstić information content (AvgIpc) is 2.88. The summed E-state index contributed by atoms with van der Waals surface area (Å²) in [6.45, 7) is 7.41. The molecule has 0 radical (unpaired) electrons. The molecule has 0 aromatic carbocycles. The van der Waals surface area contributed by atoms with Gasteiger partial charge in [0.2, 0.25) is 0 Å². The number of aliphatic carboxylic acids is 1. The normalized spacial score (nSPS) is 21.3. The quantitative estimate of drug-likeness (QED) is 0.504. The summed E-state index contributed by atoms with van der Waals surface area (Å²) in [5.74, 6) is -0.903. The largest absolute Gasteiger partial charge is 0.479 e. The van der Waals surface area contributed by atoms with Crippen molar-refractivity contribution in [2.45, 2.75) is 44.6 Å². The number of nitrogens with one attached hydrogen (secondary N) is 1. The van der Waals surface area contributed by atoms with E-state index < -0.39 is 11.5 Å². The van der Waals surface area contributed by atoms with Gasteiger partial charge in [-0.1, -0.05) is 19.4 Å².